The van der Waals surface area contributed by atoms with Crippen LogP contribution in [0, 0.1) is 18.8 Å². The molecule has 0 saturated heterocycles. The standard InChI is InChI=1S/C15H21N5/c1-10-3-4-12(7-10)9-20-15(17-18-19-20)13-5-6-14(16)11(2)8-13/h5-6,8,10,12H,3-4,7,9,16H2,1-2H3. The lowest BCUT2D eigenvalue weighted by atomic mass is 10.1. The Kier molecular flexibility index (Phi) is 3.42. The molecule has 0 radical (unpaired) electrons. The number of hydrogen-bond acceptors (Lipinski definition) is 4. The van der Waals surface area contributed by atoms with Crippen molar-refractivity contribution in [2.75, 3.05) is 5.73 Å². The molecule has 2 aromatic rings. The van der Waals surface area contributed by atoms with Gasteiger partial charge in [0.25, 0.3) is 0 Å². The van der Waals surface area contributed by atoms with Gasteiger partial charge in [-0.2, -0.15) is 0 Å². The van der Waals surface area contributed by atoms with E-state index in [-0.39, 0.29) is 0 Å². The van der Waals surface area contributed by atoms with Crippen molar-refractivity contribution in [1.82, 2.24) is 20.2 Å². The Morgan fingerprint density at radius 3 is 2.90 bits per heavy atom. The second kappa shape index (κ2) is 5.23. The highest BCUT2D eigenvalue weighted by Crippen LogP contribution is 2.32. The fraction of sp³-hybridized carbons (Fsp3) is 0.533. The Hall–Kier alpha value is -1.91. The summed E-state index contributed by atoms with van der Waals surface area (Å²) in [5.41, 5.74) is 8.77. The largest absolute Gasteiger partial charge is 0.399 e. The molecule has 1 aromatic carbocycles. The van der Waals surface area contributed by atoms with Crippen molar-refractivity contribution in [3.05, 3.63) is 23.8 Å². The Bertz CT molecular complexity index is 604. The zero-order chi connectivity index (χ0) is 14.1. The predicted octanol–water partition coefficient (Wildman–Crippen LogP) is 2.67. The molecule has 20 heavy (non-hydrogen) atoms. The molecule has 1 aromatic heterocycles. The summed E-state index contributed by atoms with van der Waals surface area (Å²) in [5, 5.41) is 12.2. The molecule has 1 aliphatic rings. The summed E-state index contributed by atoms with van der Waals surface area (Å²) in [6, 6.07) is 5.96. The molecule has 0 aliphatic heterocycles. The van der Waals surface area contributed by atoms with E-state index in [2.05, 4.69) is 28.5 Å². The van der Waals surface area contributed by atoms with Crippen LogP contribution in [0.5, 0.6) is 0 Å². The average molecular weight is 271 g/mol. The van der Waals surface area contributed by atoms with Crippen molar-refractivity contribution >= 4 is 5.69 Å². The Morgan fingerprint density at radius 1 is 1.35 bits per heavy atom. The number of tetrazole rings is 1. The molecule has 1 aliphatic carbocycles. The number of benzene rings is 1. The molecular weight excluding hydrogens is 250 g/mol. The lowest BCUT2D eigenvalue weighted by Crippen LogP contribution is -2.11. The number of aromatic nitrogens is 4. The van der Waals surface area contributed by atoms with E-state index in [1.807, 2.05) is 23.7 Å². The van der Waals surface area contributed by atoms with E-state index < -0.39 is 0 Å². The van der Waals surface area contributed by atoms with E-state index in [4.69, 9.17) is 5.73 Å². The maximum absolute atomic E-state index is 5.87. The molecule has 5 heteroatoms. The van der Waals surface area contributed by atoms with E-state index in [9.17, 15) is 0 Å². The molecule has 1 heterocycles. The first kappa shape index (κ1) is 13.1. The van der Waals surface area contributed by atoms with Crippen LogP contribution < -0.4 is 5.73 Å². The van der Waals surface area contributed by atoms with Crippen LogP contribution in [0.15, 0.2) is 18.2 Å². The molecule has 5 nitrogen and oxygen atoms in total. The first-order valence-corrected chi connectivity index (χ1v) is 7.26. The normalized spacial score (nSPS) is 22.3. The highest BCUT2D eigenvalue weighted by molar-refractivity contribution is 5.61. The van der Waals surface area contributed by atoms with Crippen molar-refractivity contribution in [3.63, 3.8) is 0 Å². The van der Waals surface area contributed by atoms with Crippen LogP contribution >= 0.6 is 0 Å². The SMILES string of the molecule is Cc1cc(-c2nnnn2CC2CCC(C)C2)ccc1N. The van der Waals surface area contributed by atoms with Gasteiger partial charge in [-0.05, 0) is 65.8 Å². The molecule has 3 rings (SSSR count). The number of anilines is 1. The maximum atomic E-state index is 5.87. The van der Waals surface area contributed by atoms with Gasteiger partial charge in [0.2, 0.25) is 0 Å². The summed E-state index contributed by atoms with van der Waals surface area (Å²) in [6.07, 6.45) is 3.88. The molecular formula is C15H21N5. The fourth-order valence-corrected chi connectivity index (χ4v) is 3.08. The second-order valence-electron chi connectivity index (χ2n) is 6.04. The van der Waals surface area contributed by atoms with Gasteiger partial charge in [-0.25, -0.2) is 4.68 Å². The third-order valence-corrected chi connectivity index (χ3v) is 4.29. The van der Waals surface area contributed by atoms with Gasteiger partial charge in [-0.1, -0.05) is 13.3 Å². The summed E-state index contributed by atoms with van der Waals surface area (Å²) in [5.74, 6) is 2.37. The molecule has 2 unspecified atom stereocenters. The van der Waals surface area contributed by atoms with Crippen molar-refractivity contribution in [2.24, 2.45) is 11.8 Å². The lowest BCUT2D eigenvalue weighted by Gasteiger charge is -2.11. The number of nitrogens with two attached hydrogens (primary N) is 1. The minimum atomic E-state index is 0.696. The van der Waals surface area contributed by atoms with E-state index in [0.717, 1.165) is 35.1 Å². The smallest absolute Gasteiger partial charge is 0.182 e. The molecule has 0 spiro atoms. The molecule has 0 amide bonds. The second-order valence-corrected chi connectivity index (χ2v) is 6.04. The number of aryl methyl sites for hydroxylation is 1. The molecule has 1 fully saturated rings. The molecule has 2 atom stereocenters. The number of hydrogen-bond donors (Lipinski definition) is 1. The molecule has 106 valence electrons. The van der Waals surface area contributed by atoms with E-state index >= 15 is 0 Å². The monoisotopic (exact) mass is 271 g/mol. The van der Waals surface area contributed by atoms with Crippen LogP contribution in [0.2, 0.25) is 0 Å². The van der Waals surface area contributed by atoms with Gasteiger partial charge in [-0.15, -0.1) is 5.10 Å². The van der Waals surface area contributed by atoms with Gasteiger partial charge in [-0.3, -0.25) is 0 Å². The Labute approximate surface area is 119 Å². The summed E-state index contributed by atoms with van der Waals surface area (Å²) in [6.45, 7) is 5.24. The van der Waals surface area contributed by atoms with Gasteiger partial charge in [0.1, 0.15) is 0 Å². The first-order valence-electron chi connectivity index (χ1n) is 7.26. The summed E-state index contributed by atoms with van der Waals surface area (Å²) in [7, 11) is 0. The quantitative estimate of drug-likeness (QED) is 0.871. The van der Waals surface area contributed by atoms with Crippen LogP contribution in [0.4, 0.5) is 5.69 Å². The van der Waals surface area contributed by atoms with Gasteiger partial charge in [0.05, 0.1) is 0 Å². The zero-order valence-electron chi connectivity index (χ0n) is 12.1. The zero-order valence-corrected chi connectivity index (χ0v) is 12.1. The molecule has 2 N–H and O–H groups in total. The van der Waals surface area contributed by atoms with Gasteiger partial charge in [0.15, 0.2) is 5.82 Å². The minimum Gasteiger partial charge on any atom is -0.399 e. The summed E-state index contributed by atoms with van der Waals surface area (Å²) >= 11 is 0. The van der Waals surface area contributed by atoms with E-state index in [0.29, 0.717) is 5.92 Å². The Morgan fingerprint density at radius 2 is 2.20 bits per heavy atom. The third kappa shape index (κ3) is 2.53. The van der Waals surface area contributed by atoms with Gasteiger partial charge >= 0.3 is 0 Å². The first-order chi connectivity index (χ1) is 9.63. The molecule has 1 saturated carbocycles. The predicted molar refractivity (Wildman–Crippen MR) is 78.9 cm³/mol. The van der Waals surface area contributed by atoms with Crippen LogP contribution in [-0.2, 0) is 6.54 Å². The van der Waals surface area contributed by atoms with Gasteiger partial charge in [0, 0.05) is 17.8 Å². The van der Waals surface area contributed by atoms with Crippen LogP contribution in [0.1, 0.15) is 31.7 Å². The fourth-order valence-electron chi connectivity index (χ4n) is 3.08. The van der Waals surface area contributed by atoms with Crippen molar-refractivity contribution < 1.29 is 0 Å². The van der Waals surface area contributed by atoms with Crippen LogP contribution in [0.3, 0.4) is 0 Å². The van der Waals surface area contributed by atoms with Crippen molar-refractivity contribution in [3.8, 4) is 11.4 Å². The molecule has 0 bridgehead atoms. The van der Waals surface area contributed by atoms with E-state index in [1.54, 1.807) is 0 Å². The van der Waals surface area contributed by atoms with Crippen LogP contribution in [-0.4, -0.2) is 20.2 Å². The Balaban J connectivity index is 1.84. The lowest BCUT2D eigenvalue weighted by molar-refractivity contribution is 0.412. The van der Waals surface area contributed by atoms with Crippen molar-refractivity contribution in [1.29, 1.82) is 0 Å². The van der Waals surface area contributed by atoms with E-state index in [1.165, 1.54) is 19.3 Å². The van der Waals surface area contributed by atoms with Crippen LogP contribution in [0.25, 0.3) is 11.4 Å². The van der Waals surface area contributed by atoms with Crippen molar-refractivity contribution in [2.45, 2.75) is 39.7 Å². The van der Waals surface area contributed by atoms with Gasteiger partial charge < -0.3 is 5.73 Å². The summed E-state index contributed by atoms with van der Waals surface area (Å²) in [4.78, 5) is 0. The number of nitrogens with zero attached hydrogens (tertiary/aromatic N) is 4. The highest BCUT2D eigenvalue weighted by Gasteiger charge is 2.23. The average Bonchev–Trinajstić information content (AvgIpc) is 3.03. The third-order valence-electron chi connectivity index (χ3n) is 4.29. The summed E-state index contributed by atoms with van der Waals surface area (Å²) < 4.78 is 1.94. The number of rotatable bonds is 3. The minimum absolute atomic E-state index is 0.696. The maximum Gasteiger partial charge on any atom is 0.182 e. The highest BCUT2D eigenvalue weighted by atomic mass is 15.5. The number of nitrogen functional groups attached to an aromatic ring is 1. The topological polar surface area (TPSA) is 69.6 Å².